The van der Waals surface area contributed by atoms with Crippen LogP contribution in [0.4, 0.5) is 11.6 Å². The number of rotatable bonds is 5. The van der Waals surface area contributed by atoms with Gasteiger partial charge in [-0.3, -0.25) is 4.79 Å². The topological polar surface area (TPSA) is 99.9 Å². The van der Waals surface area contributed by atoms with Gasteiger partial charge in [0.1, 0.15) is 11.6 Å². The van der Waals surface area contributed by atoms with E-state index in [0.29, 0.717) is 17.9 Å². The number of aromatic amines is 1. The molecule has 0 bridgehead atoms. The van der Waals surface area contributed by atoms with Crippen molar-refractivity contribution in [1.82, 2.24) is 15.0 Å². The van der Waals surface area contributed by atoms with E-state index in [1.165, 1.54) is 5.56 Å². The Morgan fingerprint density at radius 3 is 2.74 bits per heavy atom. The van der Waals surface area contributed by atoms with Crippen LogP contribution in [0.1, 0.15) is 27.2 Å². The van der Waals surface area contributed by atoms with Crippen molar-refractivity contribution in [3.63, 3.8) is 0 Å². The Morgan fingerprint density at radius 2 is 1.97 bits per heavy atom. The van der Waals surface area contributed by atoms with Gasteiger partial charge in [0.2, 0.25) is 0 Å². The van der Waals surface area contributed by atoms with Crippen molar-refractivity contribution in [2.45, 2.75) is 19.9 Å². The predicted octanol–water partition coefficient (Wildman–Crippen LogP) is 3.64. The third-order valence-electron chi connectivity index (χ3n) is 5.86. The van der Waals surface area contributed by atoms with Crippen molar-refractivity contribution in [1.29, 1.82) is 0 Å². The van der Waals surface area contributed by atoms with Gasteiger partial charge in [-0.15, -0.1) is 0 Å². The molecule has 0 atom stereocenters. The van der Waals surface area contributed by atoms with E-state index >= 15 is 0 Å². The molecule has 1 aliphatic heterocycles. The zero-order valence-electron chi connectivity index (χ0n) is 17.6. The number of aryl methyl sites for hydroxylation is 1. The van der Waals surface area contributed by atoms with Crippen molar-refractivity contribution < 1.29 is 4.79 Å². The molecule has 7 nitrogen and oxygen atoms in total. The maximum atomic E-state index is 11.9. The number of likely N-dealkylation sites (N-methyl/N-ethyl adjacent to an activating group) is 1. The number of aromatic nitrogens is 3. The number of primary amides is 1. The van der Waals surface area contributed by atoms with E-state index in [9.17, 15) is 4.79 Å². The second kappa shape index (κ2) is 7.43. The van der Waals surface area contributed by atoms with Gasteiger partial charge in [-0.1, -0.05) is 42.5 Å². The normalized spacial score (nSPS) is 12.9. The average molecular weight is 412 g/mol. The highest BCUT2D eigenvalue weighted by atomic mass is 16.1. The van der Waals surface area contributed by atoms with Gasteiger partial charge in [0, 0.05) is 42.3 Å². The number of carbonyl (C=O) groups is 1. The fourth-order valence-corrected chi connectivity index (χ4v) is 4.28. The lowest BCUT2D eigenvalue weighted by Gasteiger charge is -2.15. The number of hydrogen-bond acceptors (Lipinski definition) is 5. The summed E-state index contributed by atoms with van der Waals surface area (Å²) >= 11 is 0. The summed E-state index contributed by atoms with van der Waals surface area (Å²) in [5, 5.41) is 4.41. The highest BCUT2D eigenvalue weighted by Gasteiger charge is 2.25. The average Bonchev–Trinajstić information content (AvgIpc) is 3.31. The van der Waals surface area contributed by atoms with E-state index in [1.54, 1.807) is 6.07 Å². The summed E-state index contributed by atoms with van der Waals surface area (Å²) < 4.78 is 0. The van der Waals surface area contributed by atoms with E-state index in [2.05, 4.69) is 34.4 Å². The Kier molecular flexibility index (Phi) is 4.58. The fourth-order valence-electron chi connectivity index (χ4n) is 4.28. The molecule has 2 aromatic heterocycles. The van der Waals surface area contributed by atoms with Crippen LogP contribution in [0.5, 0.6) is 0 Å². The van der Waals surface area contributed by atoms with E-state index in [4.69, 9.17) is 15.7 Å². The predicted molar refractivity (Wildman–Crippen MR) is 123 cm³/mol. The maximum absolute atomic E-state index is 11.9. The van der Waals surface area contributed by atoms with Gasteiger partial charge in [0.05, 0.1) is 11.1 Å². The van der Waals surface area contributed by atoms with Crippen LogP contribution in [0.25, 0.3) is 22.3 Å². The van der Waals surface area contributed by atoms with Crippen LogP contribution < -0.4 is 16.0 Å². The Hall–Kier alpha value is -3.87. The SMILES string of the molecule is Cc1[nH]c2c(C(N)=O)cccc2c1-c1nc(NCc2ccccc2)c2c(n1)N(C)CC2. The molecule has 4 N–H and O–H groups in total. The van der Waals surface area contributed by atoms with Gasteiger partial charge in [0.15, 0.2) is 5.82 Å². The summed E-state index contributed by atoms with van der Waals surface area (Å²) in [6.45, 7) is 3.57. The summed E-state index contributed by atoms with van der Waals surface area (Å²) in [6.07, 6.45) is 0.905. The number of nitrogens with zero attached hydrogens (tertiary/aromatic N) is 3. The standard InChI is InChI=1S/C24H24N6O/c1-14-19(16-9-6-10-17(21(25)31)20(16)27-14)23-28-22(18-11-12-30(2)24(18)29-23)26-13-15-7-4-3-5-8-15/h3-10,27H,11-13H2,1-2H3,(H2,25,31)(H,26,28,29). The van der Waals surface area contributed by atoms with Crippen molar-refractivity contribution in [3.8, 4) is 11.4 Å². The molecule has 0 saturated heterocycles. The number of amides is 1. The number of hydrogen-bond donors (Lipinski definition) is 3. The Morgan fingerprint density at radius 1 is 1.16 bits per heavy atom. The highest BCUT2D eigenvalue weighted by molar-refractivity contribution is 6.09. The molecular weight excluding hydrogens is 388 g/mol. The van der Waals surface area contributed by atoms with Crippen molar-refractivity contribution in [2.24, 2.45) is 5.73 Å². The molecule has 1 aliphatic rings. The minimum absolute atomic E-state index is 0.460. The maximum Gasteiger partial charge on any atom is 0.250 e. The molecule has 0 unspecified atom stereocenters. The first-order valence-electron chi connectivity index (χ1n) is 10.3. The molecule has 156 valence electrons. The molecular formula is C24H24N6O. The lowest BCUT2D eigenvalue weighted by molar-refractivity contribution is 0.100. The molecule has 5 rings (SSSR count). The summed E-state index contributed by atoms with van der Waals surface area (Å²) in [7, 11) is 2.05. The summed E-state index contributed by atoms with van der Waals surface area (Å²) in [5.74, 6) is 1.97. The molecule has 31 heavy (non-hydrogen) atoms. The van der Waals surface area contributed by atoms with Crippen LogP contribution >= 0.6 is 0 Å². The minimum atomic E-state index is -0.460. The molecule has 0 radical (unpaired) electrons. The first-order valence-corrected chi connectivity index (χ1v) is 10.3. The number of anilines is 2. The Balaban J connectivity index is 1.64. The minimum Gasteiger partial charge on any atom is -0.366 e. The molecule has 0 spiro atoms. The first-order chi connectivity index (χ1) is 15.0. The second-order valence-corrected chi connectivity index (χ2v) is 7.93. The lowest BCUT2D eigenvalue weighted by Crippen LogP contribution is -2.14. The van der Waals surface area contributed by atoms with E-state index < -0.39 is 5.91 Å². The van der Waals surface area contributed by atoms with Crippen molar-refractivity contribution in [3.05, 3.63) is 70.9 Å². The lowest BCUT2D eigenvalue weighted by atomic mass is 10.1. The Labute approximate surface area is 180 Å². The molecule has 4 aromatic rings. The van der Waals surface area contributed by atoms with Crippen LogP contribution in [0.2, 0.25) is 0 Å². The number of nitrogens with one attached hydrogen (secondary N) is 2. The van der Waals surface area contributed by atoms with Crippen LogP contribution in [0, 0.1) is 6.92 Å². The molecule has 3 heterocycles. The number of para-hydroxylation sites is 1. The number of nitrogens with two attached hydrogens (primary N) is 1. The molecule has 7 heteroatoms. The zero-order valence-corrected chi connectivity index (χ0v) is 17.6. The zero-order chi connectivity index (χ0) is 21.5. The van der Waals surface area contributed by atoms with Gasteiger partial charge in [0.25, 0.3) is 5.91 Å². The largest absolute Gasteiger partial charge is 0.366 e. The van der Waals surface area contributed by atoms with Crippen LogP contribution in [-0.2, 0) is 13.0 Å². The van der Waals surface area contributed by atoms with Crippen molar-refractivity contribution in [2.75, 3.05) is 23.8 Å². The van der Waals surface area contributed by atoms with E-state index in [0.717, 1.165) is 52.3 Å². The molecule has 2 aromatic carbocycles. The summed E-state index contributed by atoms with van der Waals surface area (Å²) in [4.78, 5) is 27.2. The third-order valence-corrected chi connectivity index (χ3v) is 5.86. The molecule has 0 aliphatic carbocycles. The third kappa shape index (κ3) is 3.28. The van der Waals surface area contributed by atoms with Gasteiger partial charge in [-0.25, -0.2) is 9.97 Å². The molecule has 1 amide bonds. The van der Waals surface area contributed by atoms with Crippen LogP contribution in [0.15, 0.2) is 48.5 Å². The Bertz CT molecular complexity index is 1290. The number of H-pyrrole nitrogens is 1. The van der Waals surface area contributed by atoms with Gasteiger partial charge >= 0.3 is 0 Å². The fraction of sp³-hybridized carbons (Fsp3) is 0.208. The number of carbonyl (C=O) groups excluding carboxylic acids is 1. The van der Waals surface area contributed by atoms with E-state index in [1.807, 2.05) is 37.3 Å². The van der Waals surface area contributed by atoms with Gasteiger partial charge in [-0.05, 0) is 25.0 Å². The molecule has 0 fully saturated rings. The van der Waals surface area contributed by atoms with Crippen molar-refractivity contribution >= 4 is 28.4 Å². The number of fused-ring (bicyclic) bond motifs is 2. The van der Waals surface area contributed by atoms with Gasteiger partial charge in [-0.2, -0.15) is 0 Å². The summed E-state index contributed by atoms with van der Waals surface area (Å²) in [5.41, 5.74) is 10.9. The van der Waals surface area contributed by atoms with Gasteiger partial charge < -0.3 is 20.9 Å². The second-order valence-electron chi connectivity index (χ2n) is 7.93. The van der Waals surface area contributed by atoms with Crippen LogP contribution in [-0.4, -0.2) is 34.5 Å². The molecule has 0 saturated carbocycles. The monoisotopic (exact) mass is 412 g/mol. The highest BCUT2D eigenvalue weighted by Crippen LogP contribution is 2.37. The van der Waals surface area contributed by atoms with Crippen LogP contribution in [0.3, 0.4) is 0 Å². The number of benzene rings is 2. The smallest absolute Gasteiger partial charge is 0.250 e. The van der Waals surface area contributed by atoms with E-state index in [-0.39, 0.29) is 0 Å². The quantitative estimate of drug-likeness (QED) is 0.465. The summed E-state index contributed by atoms with van der Waals surface area (Å²) in [6, 6.07) is 15.8. The first kappa shape index (κ1) is 19.1.